The molecule has 0 bridgehead atoms. The van der Waals surface area contributed by atoms with Gasteiger partial charge in [0, 0.05) is 34.2 Å². The minimum Gasteiger partial charge on any atom is -0.327 e. The molecule has 1 aromatic rings. The van der Waals surface area contributed by atoms with Crippen LogP contribution in [0.15, 0.2) is 18.2 Å². The van der Waals surface area contributed by atoms with E-state index in [9.17, 15) is 10.1 Å². The van der Waals surface area contributed by atoms with Gasteiger partial charge in [-0.25, -0.2) is 0 Å². The van der Waals surface area contributed by atoms with E-state index in [2.05, 4.69) is 0 Å². The molecule has 17 heavy (non-hydrogen) atoms. The third-order valence-corrected chi connectivity index (χ3v) is 3.77. The Kier molecular flexibility index (Phi) is 5.74. The summed E-state index contributed by atoms with van der Waals surface area (Å²) in [4.78, 5) is 10.4. The number of nitro benzene ring substituents is 1. The van der Waals surface area contributed by atoms with Crippen molar-refractivity contribution in [1.82, 2.24) is 0 Å². The fourth-order valence-electron chi connectivity index (χ4n) is 1.27. The van der Waals surface area contributed by atoms with Gasteiger partial charge in [0.15, 0.2) is 0 Å². The van der Waals surface area contributed by atoms with Gasteiger partial charge < -0.3 is 5.73 Å². The lowest BCUT2D eigenvalue weighted by atomic mass is 10.2. The SMILES string of the molecule is CCC(N)CSCc1ccc(Cl)cc1[N+](=O)[O-]. The van der Waals surface area contributed by atoms with Crippen LogP contribution in [-0.2, 0) is 5.75 Å². The Balaban J connectivity index is 2.67. The molecule has 0 heterocycles. The van der Waals surface area contributed by atoms with Crippen LogP contribution >= 0.6 is 23.4 Å². The van der Waals surface area contributed by atoms with Gasteiger partial charge in [0.25, 0.3) is 5.69 Å². The second-order valence-electron chi connectivity index (χ2n) is 3.71. The zero-order valence-corrected chi connectivity index (χ0v) is 11.1. The standard InChI is InChI=1S/C11H15ClN2O2S/c1-2-10(13)7-17-6-8-3-4-9(12)5-11(8)14(15)16/h3-5,10H,2,6-7,13H2,1H3. The van der Waals surface area contributed by atoms with Crippen molar-refractivity contribution < 1.29 is 4.92 Å². The average molecular weight is 275 g/mol. The molecule has 1 aromatic carbocycles. The molecule has 1 atom stereocenters. The highest BCUT2D eigenvalue weighted by molar-refractivity contribution is 7.98. The third-order valence-electron chi connectivity index (χ3n) is 2.36. The summed E-state index contributed by atoms with van der Waals surface area (Å²) in [6.45, 7) is 2.02. The largest absolute Gasteiger partial charge is 0.327 e. The maximum absolute atomic E-state index is 10.8. The summed E-state index contributed by atoms with van der Waals surface area (Å²) in [6, 6.07) is 4.90. The van der Waals surface area contributed by atoms with Crippen molar-refractivity contribution >= 4 is 29.1 Å². The van der Waals surface area contributed by atoms with E-state index in [0.717, 1.165) is 12.2 Å². The van der Waals surface area contributed by atoms with E-state index in [4.69, 9.17) is 17.3 Å². The van der Waals surface area contributed by atoms with Crippen LogP contribution < -0.4 is 5.73 Å². The van der Waals surface area contributed by atoms with Crippen molar-refractivity contribution in [3.05, 3.63) is 38.9 Å². The molecular formula is C11H15ClN2O2S. The van der Waals surface area contributed by atoms with Gasteiger partial charge >= 0.3 is 0 Å². The van der Waals surface area contributed by atoms with Gasteiger partial charge in [0.05, 0.1) is 4.92 Å². The van der Waals surface area contributed by atoms with Crippen LogP contribution in [0.5, 0.6) is 0 Å². The molecule has 0 aliphatic rings. The van der Waals surface area contributed by atoms with Crippen molar-refractivity contribution in [3.63, 3.8) is 0 Å². The summed E-state index contributed by atoms with van der Waals surface area (Å²) < 4.78 is 0. The molecule has 1 rings (SSSR count). The molecule has 0 saturated carbocycles. The molecule has 0 aromatic heterocycles. The first kappa shape index (κ1) is 14.3. The molecule has 2 N–H and O–H groups in total. The fourth-order valence-corrected chi connectivity index (χ4v) is 2.55. The van der Waals surface area contributed by atoms with Gasteiger partial charge in [0.1, 0.15) is 0 Å². The van der Waals surface area contributed by atoms with Crippen LogP contribution in [-0.4, -0.2) is 16.7 Å². The summed E-state index contributed by atoms with van der Waals surface area (Å²) in [5, 5.41) is 11.2. The quantitative estimate of drug-likeness (QED) is 0.639. The van der Waals surface area contributed by atoms with Crippen LogP contribution in [0.2, 0.25) is 5.02 Å². The maximum atomic E-state index is 10.8. The van der Waals surface area contributed by atoms with E-state index < -0.39 is 4.92 Å². The van der Waals surface area contributed by atoms with E-state index in [1.165, 1.54) is 6.07 Å². The van der Waals surface area contributed by atoms with E-state index in [0.29, 0.717) is 16.3 Å². The topological polar surface area (TPSA) is 69.2 Å². The Bertz CT molecular complexity index is 401. The number of nitrogens with two attached hydrogens (primary N) is 1. The Labute approximate surface area is 110 Å². The monoisotopic (exact) mass is 274 g/mol. The first-order valence-electron chi connectivity index (χ1n) is 5.30. The van der Waals surface area contributed by atoms with Crippen molar-refractivity contribution in [1.29, 1.82) is 0 Å². The highest BCUT2D eigenvalue weighted by Crippen LogP contribution is 2.26. The van der Waals surface area contributed by atoms with Gasteiger partial charge in [-0.1, -0.05) is 18.5 Å². The van der Waals surface area contributed by atoms with Crippen LogP contribution in [0, 0.1) is 10.1 Å². The molecule has 0 amide bonds. The average Bonchev–Trinajstić information content (AvgIpc) is 2.30. The minimum atomic E-state index is -0.401. The summed E-state index contributed by atoms with van der Waals surface area (Å²) >= 11 is 7.34. The van der Waals surface area contributed by atoms with Gasteiger partial charge in [-0.05, 0) is 18.6 Å². The number of thioether (sulfide) groups is 1. The Morgan fingerprint density at radius 1 is 1.59 bits per heavy atom. The number of benzene rings is 1. The van der Waals surface area contributed by atoms with Crippen LogP contribution in [0.4, 0.5) is 5.69 Å². The van der Waals surface area contributed by atoms with Crippen molar-refractivity contribution in [3.8, 4) is 0 Å². The Morgan fingerprint density at radius 3 is 2.88 bits per heavy atom. The Hall–Kier alpha value is -0.780. The van der Waals surface area contributed by atoms with E-state index in [-0.39, 0.29) is 11.7 Å². The van der Waals surface area contributed by atoms with Crippen molar-refractivity contribution in [2.24, 2.45) is 5.73 Å². The second kappa shape index (κ2) is 6.83. The number of hydrogen-bond donors (Lipinski definition) is 1. The molecule has 0 aliphatic heterocycles. The molecule has 0 saturated heterocycles. The fraction of sp³-hybridized carbons (Fsp3) is 0.455. The number of halogens is 1. The van der Waals surface area contributed by atoms with Gasteiger partial charge in [-0.3, -0.25) is 10.1 Å². The molecule has 4 nitrogen and oxygen atoms in total. The normalized spacial score (nSPS) is 12.4. The van der Waals surface area contributed by atoms with Gasteiger partial charge in [0.2, 0.25) is 0 Å². The summed E-state index contributed by atoms with van der Waals surface area (Å²) in [5.41, 5.74) is 6.55. The minimum absolute atomic E-state index is 0.0788. The number of hydrogen-bond acceptors (Lipinski definition) is 4. The molecule has 94 valence electrons. The second-order valence-corrected chi connectivity index (χ2v) is 5.18. The molecule has 0 radical (unpaired) electrons. The Morgan fingerprint density at radius 2 is 2.29 bits per heavy atom. The number of rotatable bonds is 6. The number of nitrogens with zero attached hydrogens (tertiary/aromatic N) is 1. The van der Waals surface area contributed by atoms with E-state index in [1.807, 2.05) is 6.92 Å². The predicted octanol–water partition coefficient (Wildman–Crippen LogP) is 3.22. The molecule has 0 fully saturated rings. The lowest BCUT2D eigenvalue weighted by Crippen LogP contribution is -2.21. The lowest BCUT2D eigenvalue weighted by Gasteiger charge is -2.08. The first-order chi connectivity index (χ1) is 8.04. The highest BCUT2D eigenvalue weighted by atomic mass is 35.5. The molecule has 0 aliphatic carbocycles. The van der Waals surface area contributed by atoms with Crippen LogP contribution in [0.3, 0.4) is 0 Å². The van der Waals surface area contributed by atoms with Crippen molar-refractivity contribution in [2.75, 3.05) is 5.75 Å². The summed E-state index contributed by atoms with van der Waals surface area (Å²) in [6.07, 6.45) is 0.912. The summed E-state index contributed by atoms with van der Waals surface area (Å²) in [5.74, 6) is 1.39. The molecule has 1 unspecified atom stereocenters. The first-order valence-corrected chi connectivity index (χ1v) is 6.84. The van der Waals surface area contributed by atoms with Gasteiger partial charge in [-0.15, -0.1) is 0 Å². The zero-order valence-electron chi connectivity index (χ0n) is 9.56. The highest BCUT2D eigenvalue weighted by Gasteiger charge is 2.14. The molecule has 0 spiro atoms. The van der Waals surface area contributed by atoms with Crippen molar-refractivity contribution in [2.45, 2.75) is 25.1 Å². The van der Waals surface area contributed by atoms with E-state index in [1.54, 1.807) is 23.9 Å². The number of nitro groups is 1. The van der Waals surface area contributed by atoms with Crippen LogP contribution in [0.25, 0.3) is 0 Å². The van der Waals surface area contributed by atoms with Gasteiger partial charge in [-0.2, -0.15) is 11.8 Å². The smallest absolute Gasteiger partial charge is 0.274 e. The van der Waals surface area contributed by atoms with Crippen LogP contribution in [0.1, 0.15) is 18.9 Å². The van der Waals surface area contributed by atoms with E-state index >= 15 is 0 Å². The predicted molar refractivity (Wildman–Crippen MR) is 72.5 cm³/mol. The molecular weight excluding hydrogens is 260 g/mol. The maximum Gasteiger partial charge on any atom is 0.274 e. The molecule has 6 heteroatoms. The summed E-state index contributed by atoms with van der Waals surface area (Å²) in [7, 11) is 0. The zero-order chi connectivity index (χ0) is 12.8. The lowest BCUT2D eigenvalue weighted by molar-refractivity contribution is -0.385. The third kappa shape index (κ3) is 4.53.